The maximum Gasteiger partial charge on any atom is 0.253 e. The maximum absolute atomic E-state index is 13.3. The quantitative estimate of drug-likeness (QED) is 0.824. The number of carbonyl (C=O) groups excluding carboxylic acids is 2. The van der Waals surface area contributed by atoms with Crippen LogP contribution in [-0.2, 0) is 4.79 Å². The number of piperidine rings is 1. The van der Waals surface area contributed by atoms with Gasteiger partial charge in [0.1, 0.15) is 0 Å². The summed E-state index contributed by atoms with van der Waals surface area (Å²) in [5.41, 5.74) is 1.77. The third-order valence-electron chi connectivity index (χ3n) is 6.88. The Morgan fingerprint density at radius 3 is 2.68 bits per heavy atom. The van der Waals surface area contributed by atoms with Crippen molar-refractivity contribution in [3.63, 3.8) is 0 Å². The molecule has 1 saturated carbocycles. The smallest absolute Gasteiger partial charge is 0.253 e. The molecule has 3 fully saturated rings. The second-order valence-electron chi connectivity index (χ2n) is 8.67. The Kier molecular flexibility index (Phi) is 4.29. The highest BCUT2D eigenvalue weighted by atomic mass is 16.2. The SMILES string of the molecule is O=C(c1ccc2nccnc2c1)N1CCC2(CCCN(CC3CCC3)C2=O)C1. The number of carbonyl (C=O) groups is 2. The molecule has 1 spiro atoms. The van der Waals surface area contributed by atoms with E-state index >= 15 is 0 Å². The van der Waals surface area contributed by atoms with Crippen LogP contribution in [0.2, 0.25) is 0 Å². The van der Waals surface area contributed by atoms with Gasteiger partial charge >= 0.3 is 0 Å². The third-order valence-corrected chi connectivity index (χ3v) is 6.88. The highest BCUT2D eigenvalue weighted by Crippen LogP contribution is 2.41. The molecule has 1 aromatic heterocycles. The van der Waals surface area contributed by atoms with Crippen LogP contribution in [0.4, 0.5) is 0 Å². The number of aromatic nitrogens is 2. The average Bonchev–Trinajstić information content (AvgIpc) is 3.12. The Morgan fingerprint density at radius 1 is 1.07 bits per heavy atom. The van der Waals surface area contributed by atoms with Crippen molar-refractivity contribution >= 4 is 22.8 Å². The van der Waals surface area contributed by atoms with E-state index in [0.717, 1.165) is 43.4 Å². The minimum Gasteiger partial charge on any atom is -0.342 e. The standard InChI is InChI=1S/C22H26N4O2/c27-20(17-5-6-18-19(13-17)24-10-9-23-18)26-12-8-22(15-26)7-2-11-25(21(22)28)14-16-3-1-4-16/h5-6,9-10,13,16H,1-4,7-8,11-12,14-15H2. The molecule has 3 heterocycles. The first-order valence-electron chi connectivity index (χ1n) is 10.4. The van der Waals surface area contributed by atoms with E-state index in [9.17, 15) is 9.59 Å². The molecule has 3 aliphatic rings. The zero-order valence-corrected chi connectivity index (χ0v) is 16.1. The fraction of sp³-hybridized carbons (Fsp3) is 0.545. The average molecular weight is 378 g/mol. The molecule has 1 aromatic carbocycles. The van der Waals surface area contributed by atoms with Gasteiger partial charge in [-0.05, 0) is 56.2 Å². The summed E-state index contributed by atoms with van der Waals surface area (Å²) in [4.78, 5) is 38.9. The van der Waals surface area contributed by atoms with Crippen molar-refractivity contribution in [1.29, 1.82) is 0 Å². The van der Waals surface area contributed by atoms with Gasteiger partial charge < -0.3 is 9.80 Å². The molecular formula is C22H26N4O2. The van der Waals surface area contributed by atoms with E-state index < -0.39 is 0 Å². The Labute approximate surface area is 164 Å². The summed E-state index contributed by atoms with van der Waals surface area (Å²) in [5, 5.41) is 0. The summed E-state index contributed by atoms with van der Waals surface area (Å²) < 4.78 is 0. The maximum atomic E-state index is 13.3. The van der Waals surface area contributed by atoms with Gasteiger partial charge in [0.2, 0.25) is 5.91 Å². The predicted octanol–water partition coefficient (Wildman–Crippen LogP) is 2.88. The molecule has 146 valence electrons. The lowest BCUT2D eigenvalue weighted by atomic mass is 9.77. The molecule has 6 heteroatoms. The van der Waals surface area contributed by atoms with Crippen LogP contribution in [0.5, 0.6) is 0 Å². The lowest BCUT2D eigenvalue weighted by Gasteiger charge is -2.42. The molecule has 5 rings (SSSR count). The van der Waals surface area contributed by atoms with Crippen LogP contribution in [0.1, 0.15) is 48.9 Å². The molecule has 1 aliphatic carbocycles. The van der Waals surface area contributed by atoms with Gasteiger partial charge in [0.05, 0.1) is 16.4 Å². The van der Waals surface area contributed by atoms with E-state index in [1.165, 1.54) is 19.3 Å². The first-order chi connectivity index (χ1) is 13.6. The molecule has 2 aliphatic heterocycles. The highest BCUT2D eigenvalue weighted by Gasteiger charge is 2.49. The van der Waals surface area contributed by atoms with Crippen molar-refractivity contribution in [2.45, 2.75) is 38.5 Å². The molecule has 2 saturated heterocycles. The van der Waals surface area contributed by atoms with E-state index in [-0.39, 0.29) is 17.2 Å². The first-order valence-corrected chi connectivity index (χ1v) is 10.4. The minimum atomic E-state index is -0.367. The number of hydrogen-bond acceptors (Lipinski definition) is 4. The van der Waals surface area contributed by atoms with Crippen molar-refractivity contribution in [2.75, 3.05) is 26.2 Å². The zero-order valence-electron chi connectivity index (χ0n) is 16.1. The van der Waals surface area contributed by atoms with Crippen LogP contribution >= 0.6 is 0 Å². The number of hydrogen-bond donors (Lipinski definition) is 0. The number of nitrogens with zero attached hydrogens (tertiary/aromatic N) is 4. The molecule has 2 aromatic rings. The van der Waals surface area contributed by atoms with Crippen molar-refractivity contribution in [3.8, 4) is 0 Å². The van der Waals surface area contributed by atoms with E-state index in [2.05, 4.69) is 14.9 Å². The first kappa shape index (κ1) is 17.6. The number of fused-ring (bicyclic) bond motifs is 1. The monoisotopic (exact) mass is 378 g/mol. The Bertz CT molecular complexity index is 926. The molecule has 0 radical (unpaired) electrons. The van der Waals surface area contributed by atoms with Gasteiger partial charge in [-0.1, -0.05) is 6.42 Å². The van der Waals surface area contributed by atoms with Crippen LogP contribution in [0.15, 0.2) is 30.6 Å². The van der Waals surface area contributed by atoms with Crippen LogP contribution in [0.25, 0.3) is 11.0 Å². The van der Waals surface area contributed by atoms with Crippen LogP contribution in [-0.4, -0.2) is 57.8 Å². The van der Waals surface area contributed by atoms with Crippen molar-refractivity contribution in [1.82, 2.24) is 19.8 Å². The van der Waals surface area contributed by atoms with Crippen LogP contribution in [0, 0.1) is 11.3 Å². The van der Waals surface area contributed by atoms with Gasteiger partial charge in [-0.3, -0.25) is 19.6 Å². The summed E-state index contributed by atoms with van der Waals surface area (Å²) in [6.45, 7) is 3.00. The van der Waals surface area contributed by atoms with Crippen molar-refractivity contribution < 1.29 is 9.59 Å². The molecule has 2 amide bonds. The molecule has 6 nitrogen and oxygen atoms in total. The fourth-order valence-corrected chi connectivity index (χ4v) is 5.02. The predicted molar refractivity (Wildman–Crippen MR) is 106 cm³/mol. The molecule has 1 atom stereocenters. The van der Waals surface area contributed by atoms with E-state index in [0.29, 0.717) is 24.6 Å². The van der Waals surface area contributed by atoms with E-state index in [1.807, 2.05) is 17.0 Å². The van der Waals surface area contributed by atoms with Gasteiger partial charge in [-0.15, -0.1) is 0 Å². The lowest BCUT2D eigenvalue weighted by Crippen LogP contribution is -2.52. The summed E-state index contributed by atoms with van der Waals surface area (Å²) in [6, 6.07) is 5.46. The van der Waals surface area contributed by atoms with Crippen LogP contribution in [0.3, 0.4) is 0 Å². The van der Waals surface area contributed by atoms with Crippen molar-refractivity contribution in [3.05, 3.63) is 36.2 Å². The van der Waals surface area contributed by atoms with Gasteiger partial charge in [0.15, 0.2) is 0 Å². The van der Waals surface area contributed by atoms with Gasteiger partial charge in [-0.2, -0.15) is 0 Å². The van der Waals surface area contributed by atoms with Gasteiger partial charge in [-0.25, -0.2) is 0 Å². The van der Waals surface area contributed by atoms with E-state index in [1.54, 1.807) is 18.5 Å². The number of benzene rings is 1. The Hall–Kier alpha value is -2.50. The summed E-state index contributed by atoms with van der Waals surface area (Å²) >= 11 is 0. The molecular weight excluding hydrogens is 352 g/mol. The fourth-order valence-electron chi connectivity index (χ4n) is 5.02. The molecule has 1 unspecified atom stereocenters. The summed E-state index contributed by atoms with van der Waals surface area (Å²) in [7, 11) is 0. The number of likely N-dealkylation sites (tertiary alicyclic amines) is 2. The number of amides is 2. The molecule has 28 heavy (non-hydrogen) atoms. The topological polar surface area (TPSA) is 66.4 Å². The molecule has 0 bridgehead atoms. The Balaban J connectivity index is 1.32. The summed E-state index contributed by atoms with van der Waals surface area (Å²) in [5.74, 6) is 0.968. The Morgan fingerprint density at radius 2 is 1.89 bits per heavy atom. The summed E-state index contributed by atoms with van der Waals surface area (Å²) in [6.07, 6.45) is 9.84. The van der Waals surface area contributed by atoms with Crippen LogP contribution < -0.4 is 0 Å². The lowest BCUT2D eigenvalue weighted by molar-refractivity contribution is -0.146. The highest BCUT2D eigenvalue weighted by molar-refractivity contribution is 5.98. The largest absolute Gasteiger partial charge is 0.342 e. The second kappa shape index (κ2) is 6.83. The minimum absolute atomic E-state index is 0.00616. The van der Waals surface area contributed by atoms with E-state index in [4.69, 9.17) is 0 Å². The third kappa shape index (κ3) is 2.95. The molecule has 0 N–H and O–H groups in total. The van der Waals surface area contributed by atoms with Gasteiger partial charge in [0, 0.05) is 44.1 Å². The van der Waals surface area contributed by atoms with Gasteiger partial charge in [0.25, 0.3) is 5.91 Å². The second-order valence-corrected chi connectivity index (χ2v) is 8.67. The normalized spacial score (nSPS) is 25.5. The zero-order chi connectivity index (χ0) is 19.1. The number of rotatable bonds is 3. The van der Waals surface area contributed by atoms with Crippen molar-refractivity contribution in [2.24, 2.45) is 11.3 Å².